The van der Waals surface area contributed by atoms with Gasteiger partial charge in [-0.25, -0.2) is 0 Å². The molecule has 2 rings (SSSR count). The highest BCUT2D eigenvalue weighted by Crippen LogP contribution is 2.39. The zero-order chi connectivity index (χ0) is 15.3. The first-order valence-electron chi connectivity index (χ1n) is 9.55. The minimum atomic E-state index is -0.141. The van der Waals surface area contributed by atoms with Crippen molar-refractivity contribution in [3.8, 4) is 0 Å². The summed E-state index contributed by atoms with van der Waals surface area (Å²) in [6.45, 7) is 15.1. The summed E-state index contributed by atoms with van der Waals surface area (Å²) >= 11 is 0. The monoisotopic (exact) mass is 310 g/mol. The van der Waals surface area contributed by atoms with Crippen molar-refractivity contribution in [2.24, 2.45) is 10.8 Å². The molecule has 2 saturated heterocycles. The number of rotatable bonds is 6. The standard InChI is InChI=1S/C18H38N2Si/c1-5-17(6-2)9-13-19(14-10-17)21-20-15-11-18(7-3,8-4)12-16-20/h5-16,21H2,1-4H3. The maximum absolute atomic E-state index is 2.86. The Balaban J connectivity index is 1.75. The fourth-order valence-corrected chi connectivity index (χ4v) is 6.30. The van der Waals surface area contributed by atoms with Gasteiger partial charge in [0.1, 0.15) is 0 Å². The van der Waals surface area contributed by atoms with Crippen molar-refractivity contribution in [2.75, 3.05) is 26.2 Å². The summed E-state index contributed by atoms with van der Waals surface area (Å²) in [5, 5.41) is 0. The molecule has 0 bridgehead atoms. The van der Waals surface area contributed by atoms with Gasteiger partial charge in [-0.2, -0.15) is 0 Å². The SMILES string of the molecule is CCC1(CC)CCN([SiH2]N2CCC(CC)(CC)CC2)CC1. The second-order valence-corrected chi connectivity index (χ2v) is 9.86. The van der Waals surface area contributed by atoms with Crippen LogP contribution in [0.1, 0.15) is 79.1 Å². The molecule has 0 N–H and O–H groups in total. The smallest absolute Gasteiger partial charge is 0.173 e. The first-order chi connectivity index (χ1) is 10.1. The molecule has 0 aliphatic carbocycles. The van der Waals surface area contributed by atoms with Crippen LogP contribution in [0.25, 0.3) is 0 Å². The lowest BCUT2D eigenvalue weighted by Crippen LogP contribution is -2.51. The fraction of sp³-hybridized carbons (Fsp3) is 1.00. The molecule has 2 fully saturated rings. The largest absolute Gasteiger partial charge is 0.317 e. The summed E-state index contributed by atoms with van der Waals surface area (Å²) in [4.78, 5) is 0. The molecule has 0 amide bonds. The van der Waals surface area contributed by atoms with Gasteiger partial charge >= 0.3 is 0 Å². The van der Waals surface area contributed by atoms with Crippen LogP contribution in [0.2, 0.25) is 0 Å². The molecule has 2 aliphatic rings. The summed E-state index contributed by atoms with van der Waals surface area (Å²) in [6, 6.07) is 0. The van der Waals surface area contributed by atoms with Crippen molar-refractivity contribution in [3.63, 3.8) is 0 Å². The van der Waals surface area contributed by atoms with Gasteiger partial charge in [-0.3, -0.25) is 0 Å². The Kier molecular flexibility index (Phi) is 6.34. The van der Waals surface area contributed by atoms with Gasteiger partial charge < -0.3 is 9.13 Å². The molecule has 3 heteroatoms. The minimum absolute atomic E-state index is 0.141. The molecule has 0 unspecified atom stereocenters. The van der Waals surface area contributed by atoms with Crippen molar-refractivity contribution < 1.29 is 0 Å². The molecule has 0 atom stereocenters. The first-order valence-corrected chi connectivity index (χ1v) is 10.8. The summed E-state index contributed by atoms with van der Waals surface area (Å²) in [7, 11) is -0.141. The molecule has 124 valence electrons. The van der Waals surface area contributed by atoms with Gasteiger partial charge in [0.05, 0.1) is 0 Å². The Morgan fingerprint density at radius 1 is 0.619 bits per heavy atom. The van der Waals surface area contributed by atoms with E-state index in [4.69, 9.17) is 0 Å². The third kappa shape index (κ3) is 4.11. The predicted molar refractivity (Wildman–Crippen MR) is 96.2 cm³/mol. The third-order valence-electron chi connectivity index (χ3n) is 7.23. The minimum Gasteiger partial charge on any atom is -0.317 e. The second kappa shape index (κ2) is 7.61. The Morgan fingerprint density at radius 3 is 1.14 bits per heavy atom. The van der Waals surface area contributed by atoms with E-state index in [9.17, 15) is 0 Å². The molecule has 2 aliphatic heterocycles. The zero-order valence-corrected chi connectivity index (χ0v) is 16.5. The van der Waals surface area contributed by atoms with Gasteiger partial charge in [0.25, 0.3) is 0 Å². The Morgan fingerprint density at radius 2 is 0.905 bits per heavy atom. The lowest BCUT2D eigenvalue weighted by molar-refractivity contribution is 0.117. The molecule has 0 aromatic heterocycles. The quantitative estimate of drug-likeness (QED) is 0.689. The zero-order valence-electron chi connectivity index (χ0n) is 15.1. The van der Waals surface area contributed by atoms with Crippen molar-refractivity contribution in [1.29, 1.82) is 0 Å². The summed E-state index contributed by atoms with van der Waals surface area (Å²) in [5.74, 6) is 0. The lowest BCUT2D eigenvalue weighted by atomic mass is 9.75. The van der Waals surface area contributed by atoms with Crippen LogP contribution in [0.5, 0.6) is 0 Å². The third-order valence-corrected chi connectivity index (χ3v) is 9.30. The first kappa shape index (κ1) is 17.5. The van der Waals surface area contributed by atoms with Crippen LogP contribution in [0.15, 0.2) is 0 Å². The Bertz CT molecular complexity index is 260. The van der Waals surface area contributed by atoms with E-state index in [-0.39, 0.29) is 9.84 Å². The van der Waals surface area contributed by atoms with Gasteiger partial charge in [-0.1, -0.05) is 53.4 Å². The molecule has 2 nitrogen and oxygen atoms in total. The summed E-state index contributed by atoms with van der Waals surface area (Å²) in [5.41, 5.74) is 1.37. The number of hydrogen-bond donors (Lipinski definition) is 0. The maximum Gasteiger partial charge on any atom is 0.173 e. The van der Waals surface area contributed by atoms with Crippen LogP contribution in [-0.2, 0) is 0 Å². The number of nitrogens with zero attached hydrogens (tertiary/aromatic N) is 2. The molecule has 0 saturated carbocycles. The lowest BCUT2D eigenvalue weighted by Gasteiger charge is -2.45. The van der Waals surface area contributed by atoms with E-state index in [1.807, 2.05) is 0 Å². The van der Waals surface area contributed by atoms with Crippen LogP contribution in [0.3, 0.4) is 0 Å². The van der Waals surface area contributed by atoms with Gasteiger partial charge in [0.2, 0.25) is 0 Å². The Hall–Kier alpha value is 0.137. The van der Waals surface area contributed by atoms with Crippen LogP contribution in [0.4, 0.5) is 0 Å². The van der Waals surface area contributed by atoms with E-state index >= 15 is 0 Å². The molecule has 2 heterocycles. The van der Waals surface area contributed by atoms with Crippen molar-refractivity contribution >= 4 is 9.84 Å². The van der Waals surface area contributed by atoms with Crippen molar-refractivity contribution in [1.82, 2.24) is 9.13 Å². The van der Waals surface area contributed by atoms with Crippen LogP contribution >= 0.6 is 0 Å². The highest BCUT2D eigenvalue weighted by molar-refractivity contribution is 6.28. The predicted octanol–water partition coefficient (Wildman–Crippen LogP) is 3.79. The summed E-state index contributed by atoms with van der Waals surface area (Å²) in [6.07, 6.45) is 11.4. The maximum atomic E-state index is 2.86. The second-order valence-electron chi connectivity index (χ2n) is 7.79. The highest BCUT2D eigenvalue weighted by Gasteiger charge is 2.34. The number of hydrogen-bond acceptors (Lipinski definition) is 2. The highest BCUT2D eigenvalue weighted by atomic mass is 28.2. The van der Waals surface area contributed by atoms with Crippen molar-refractivity contribution in [3.05, 3.63) is 0 Å². The van der Waals surface area contributed by atoms with E-state index in [1.54, 1.807) is 0 Å². The molecular weight excluding hydrogens is 272 g/mol. The fourth-order valence-electron chi connectivity index (χ4n) is 4.53. The average molecular weight is 311 g/mol. The molecule has 0 aromatic rings. The molecule has 21 heavy (non-hydrogen) atoms. The molecule has 0 radical (unpaired) electrons. The van der Waals surface area contributed by atoms with E-state index in [0.717, 1.165) is 0 Å². The molecule has 0 spiro atoms. The van der Waals surface area contributed by atoms with Crippen molar-refractivity contribution in [2.45, 2.75) is 79.1 Å². The van der Waals surface area contributed by atoms with E-state index in [2.05, 4.69) is 36.8 Å². The van der Waals surface area contributed by atoms with Crippen LogP contribution in [-0.4, -0.2) is 45.2 Å². The average Bonchev–Trinajstić information content (AvgIpc) is 2.57. The van der Waals surface area contributed by atoms with Gasteiger partial charge in [-0.15, -0.1) is 0 Å². The van der Waals surface area contributed by atoms with Gasteiger partial charge in [-0.05, 0) is 62.7 Å². The van der Waals surface area contributed by atoms with Crippen LogP contribution < -0.4 is 0 Å². The number of piperidine rings is 2. The van der Waals surface area contributed by atoms with E-state index in [1.165, 1.54) is 77.5 Å². The normalized spacial score (nSPS) is 26.9. The topological polar surface area (TPSA) is 6.48 Å². The van der Waals surface area contributed by atoms with Gasteiger partial charge in [0.15, 0.2) is 9.84 Å². The molecular formula is C18H38N2Si. The van der Waals surface area contributed by atoms with Gasteiger partial charge in [0, 0.05) is 0 Å². The molecule has 0 aromatic carbocycles. The Labute approximate surface area is 135 Å². The van der Waals surface area contributed by atoms with E-state index in [0.29, 0.717) is 10.8 Å². The van der Waals surface area contributed by atoms with Crippen LogP contribution in [0, 0.1) is 10.8 Å². The summed E-state index contributed by atoms with van der Waals surface area (Å²) < 4.78 is 5.71. The van der Waals surface area contributed by atoms with E-state index < -0.39 is 0 Å².